The second kappa shape index (κ2) is 5.68. The van der Waals surface area contributed by atoms with Crippen LogP contribution in [0, 0.1) is 0 Å². The van der Waals surface area contributed by atoms with Crippen molar-refractivity contribution in [3.8, 4) is 0 Å². The van der Waals surface area contributed by atoms with Crippen LogP contribution in [0.15, 0.2) is 24.3 Å². The van der Waals surface area contributed by atoms with E-state index in [9.17, 15) is 4.79 Å². The summed E-state index contributed by atoms with van der Waals surface area (Å²) in [6.07, 6.45) is 0.238. The van der Waals surface area contributed by atoms with Crippen LogP contribution < -0.4 is 11.1 Å². The van der Waals surface area contributed by atoms with Gasteiger partial charge in [-0.25, -0.2) is 0 Å². The molecule has 0 unspecified atom stereocenters. The van der Waals surface area contributed by atoms with Crippen LogP contribution in [-0.4, -0.2) is 17.4 Å². The van der Waals surface area contributed by atoms with Gasteiger partial charge in [0, 0.05) is 5.02 Å². The van der Waals surface area contributed by atoms with Crippen molar-refractivity contribution in [2.24, 2.45) is 5.73 Å². The predicted molar refractivity (Wildman–Crippen MR) is 65.0 cm³/mol. The summed E-state index contributed by atoms with van der Waals surface area (Å²) in [5.74, 6) is -0.143. The van der Waals surface area contributed by atoms with Crippen LogP contribution in [0.3, 0.4) is 0 Å². The zero-order valence-electron chi connectivity index (χ0n) is 8.00. The lowest BCUT2D eigenvalue weighted by Gasteiger charge is -2.05. The third kappa shape index (κ3) is 4.27. The fourth-order valence-corrected chi connectivity index (χ4v) is 1.34. The molecule has 0 fully saturated rings. The van der Waals surface area contributed by atoms with Crippen molar-refractivity contribution in [2.75, 3.05) is 6.54 Å². The highest BCUT2D eigenvalue weighted by molar-refractivity contribution is 7.80. The van der Waals surface area contributed by atoms with Crippen LogP contribution in [0.4, 0.5) is 0 Å². The van der Waals surface area contributed by atoms with Crippen molar-refractivity contribution in [1.82, 2.24) is 5.32 Å². The Morgan fingerprint density at radius 3 is 2.73 bits per heavy atom. The lowest BCUT2D eigenvalue weighted by atomic mass is 10.1. The summed E-state index contributed by atoms with van der Waals surface area (Å²) in [6, 6.07) is 7.21. The van der Waals surface area contributed by atoms with Gasteiger partial charge in [0.2, 0.25) is 5.91 Å². The summed E-state index contributed by atoms with van der Waals surface area (Å²) in [5.41, 5.74) is 6.05. The van der Waals surface area contributed by atoms with E-state index >= 15 is 0 Å². The van der Waals surface area contributed by atoms with E-state index < -0.39 is 0 Å². The Balaban J connectivity index is 2.52. The molecule has 1 rings (SSSR count). The van der Waals surface area contributed by atoms with Crippen LogP contribution in [0.1, 0.15) is 5.56 Å². The minimum absolute atomic E-state index is 0.143. The summed E-state index contributed by atoms with van der Waals surface area (Å²) in [5, 5.41) is 3.18. The van der Waals surface area contributed by atoms with Crippen LogP contribution >= 0.6 is 23.8 Å². The summed E-state index contributed by atoms with van der Waals surface area (Å²) in [6.45, 7) is 0.221. The lowest BCUT2D eigenvalue weighted by Crippen LogP contribution is -2.33. The first-order valence-corrected chi connectivity index (χ1v) is 5.16. The predicted octanol–water partition coefficient (Wildman–Crippen LogP) is 1.28. The number of carbonyl (C=O) groups excluding carboxylic acids is 1. The van der Waals surface area contributed by atoms with Gasteiger partial charge in [0.15, 0.2) is 0 Å². The van der Waals surface area contributed by atoms with Crippen molar-refractivity contribution in [1.29, 1.82) is 0 Å². The summed E-state index contributed by atoms with van der Waals surface area (Å²) < 4.78 is 0. The van der Waals surface area contributed by atoms with Gasteiger partial charge in [0.05, 0.1) is 18.0 Å². The zero-order valence-corrected chi connectivity index (χ0v) is 9.57. The Bertz CT molecular complexity index is 381. The maximum absolute atomic E-state index is 11.4. The quantitative estimate of drug-likeness (QED) is 0.783. The third-order valence-electron chi connectivity index (χ3n) is 1.77. The topological polar surface area (TPSA) is 55.1 Å². The van der Waals surface area contributed by atoms with E-state index in [1.54, 1.807) is 6.07 Å². The number of rotatable bonds is 4. The molecule has 0 saturated heterocycles. The number of amides is 1. The molecule has 0 radical (unpaired) electrons. The molecule has 0 aliphatic rings. The molecule has 5 heteroatoms. The molecule has 0 atom stereocenters. The average Bonchev–Trinajstić information content (AvgIpc) is 2.18. The standard InChI is InChI=1S/C10H11ClN2OS/c11-8-4-2-1-3-7(8)5-10(14)13-6-9(12)15/h1-4H,5-6H2,(H2,12,15)(H,13,14). The Labute approximate surface area is 98.6 Å². The van der Waals surface area contributed by atoms with E-state index in [1.807, 2.05) is 18.2 Å². The van der Waals surface area contributed by atoms with E-state index in [0.29, 0.717) is 5.02 Å². The molecule has 0 aromatic heterocycles. The highest BCUT2D eigenvalue weighted by Crippen LogP contribution is 2.14. The van der Waals surface area contributed by atoms with E-state index in [4.69, 9.17) is 17.3 Å². The van der Waals surface area contributed by atoms with Gasteiger partial charge >= 0.3 is 0 Å². The maximum Gasteiger partial charge on any atom is 0.224 e. The van der Waals surface area contributed by atoms with Gasteiger partial charge in [-0.15, -0.1) is 0 Å². The molecule has 3 nitrogen and oxygen atoms in total. The Kier molecular flexibility index (Phi) is 4.52. The Hall–Kier alpha value is -1.13. The average molecular weight is 243 g/mol. The van der Waals surface area contributed by atoms with E-state index in [1.165, 1.54) is 0 Å². The van der Waals surface area contributed by atoms with Crippen LogP contribution in [0.5, 0.6) is 0 Å². The monoisotopic (exact) mass is 242 g/mol. The fraction of sp³-hybridized carbons (Fsp3) is 0.200. The fourth-order valence-electron chi connectivity index (χ4n) is 1.06. The van der Waals surface area contributed by atoms with Gasteiger partial charge < -0.3 is 11.1 Å². The summed E-state index contributed by atoms with van der Waals surface area (Å²) >= 11 is 10.5. The van der Waals surface area contributed by atoms with E-state index in [-0.39, 0.29) is 23.9 Å². The molecule has 0 spiro atoms. The normalized spacial score (nSPS) is 9.67. The molecule has 1 aromatic rings. The van der Waals surface area contributed by atoms with Crippen molar-refractivity contribution >= 4 is 34.7 Å². The third-order valence-corrected chi connectivity index (χ3v) is 2.28. The van der Waals surface area contributed by atoms with Crippen LogP contribution in [0.25, 0.3) is 0 Å². The first-order valence-electron chi connectivity index (χ1n) is 4.38. The number of nitrogens with one attached hydrogen (secondary N) is 1. The van der Waals surface area contributed by atoms with Crippen LogP contribution in [0.2, 0.25) is 5.02 Å². The molecular formula is C10H11ClN2OS. The number of nitrogens with two attached hydrogens (primary N) is 1. The molecule has 1 amide bonds. The molecule has 0 aliphatic heterocycles. The lowest BCUT2D eigenvalue weighted by molar-refractivity contribution is -0.120. The smallest absolute Gasteiger partial charge is 0.224 e. The molecule has 80 valence electrons. The van der Waals surface area contributed by atoms with Crippen LogP contribution in [-0.2, 0) is 11.2 Å². The Morgan fingerprint density at radius 1 is 1.47 bits per heavy atom. The highest BCUT2D eigenvalue weighted by atomic mass is 35.5. The molecule has 15 heavy (non-hydrogen) atoms. The highest BCUT2D eigenvalue weighted by Gasteiger charge is 2.05. The van der Waals surface area contributed by atoms with Crippen molar-refractivity contribution in [3.05, 3.63) is 34.9 Å². The molecule has 0 heterocycles. The van der Waals surface area contributed by atoms with E-state index in [0.717, 1.165) is 5.56 Å². The number of carbonyl (C=O) groups is 1. The molecular weight excluding hydrogens is 232 g/mol. The number of thiocarbonyl (C=S) groups is 1. The molecule has 1 aromatic carbocycles. The summed E-state index contributed by atoms with van der Waals surface area (Å²) in [4.78, 5) is 11.7. The van der Waals surface area contributed by atoms with Gasteiger partial charge in [0.1, 0.15) is 0 Å². The minimum atomic E-state index is -0.143. The largest absolute Gasteiger partial charge is 0.392 e. The SMILES string of the molecule is NC(=S)CNC(=O)Cc1ccccc1Cl. The van der Waals surface area contributed by atoms with Crippen molar-refractivity contribution < 1.29 is 4.79 Å². The maximum atomic E-state index is 11.4. The number of hydrogen-bond donors (Lipinski definition) is 2. The van der Waals surface area contributed by atoms with E-state index in [2.05, 4.69) is 17.5 Å². The van der Waals surface area contributed by atoms with Crippen molar-refractivity contribution in [2.45, 2.75) is 6.42 Å². The first-order chi connectivity index (χ1) is 7.09. The van der Waals surface area contributed by atoms with Gasteiger partial charge in [0.25, 0.3) is 0 Å². The second-order valence-electron chi connectivity index (χ2n) is 3.01. The number of benzene rings is 1. The second-order valence-corrected chi connectivity index (χ2v) is 3.94. The molecule has 3 N–H and O–H groups in total. The van der Waals surface area contributed by atoms with Gasteiger partial charge in [-0.3, -0.25) is 4.79 Å². The number of halogens is 1. The van der Waals surface area contributed by atoms with Gasteiger partial charge in [-0.05, 0) is 11.6 Å². The van der Waals surface area contributed by atoms with Crippen molar-refractivity contribution in [3.63, 3.8) is 0 Å². The van der Waals surface area contributed by atoms with Gasteiger partial charge in [-0.2, -0.15) is 0 Å². The Morgan fingerprint density at radius 2 is 2.13 bits per heavy atom. The first kappa shape index (κ1) is 11.9. The zero-order chi connectivity index (χ0) is 11.3. The molecule has 0 saturated carbocycles. The van der Waals surface area contributed by atoms with Gasteiger partial charge in [-0.1, -0.05) is 42.0 Å². The minimum Gasteiger partial charge on any atom is -0.392 e. The molecule has 0 aliphatic carbocycles. The summed E-state index contributed by atoms with van der Waals surface area (Å²) in [7, 11) is 0. The molecule has 0 bridgehead atoms. The number of hydrogen-bond acceptors (Lipinski definition) is 2.